The van der Waals surface area contributed by atoms with Crippen molar-refractivity contribution in [2.45, 2.75) is 116 Å². The summed E-state index contributed by atoms with van der Waals surface area (Å²) < 4.78 is 0. The number of hydrogen-bond acceptors (Lipinski definition) is 0. The maximum absolute atomic E-state index is 2.30. The Bertz CT molecular complexity index is 455. The molecule has 2 rings (SSSR count). The Morgan fingerprint density at radius 1 is 0.414 bits per heavy atom. The van der Waals surface area contributed by atoms with Crippen LogP contribution in [0.5, 0.6) is 0 Å². The molecule has 29 heavy (non-hydrogen) atoms. The van der Waals surface area contributed by atoms with Crippen molar-refractivity contribution < 1.29 is 0 Å². The lowest BCUT2D eigenvalue weighted by Gasteiger charge is -2.05. The number of aryl methyl sites for hydroxylation is 4. The van der Waals surface area contributed by atoms with E-state index in [9.17, 15) is 0 Å². The van der Waals surface area contributed by atoms with Gasteiger partial charge in [0, 0.05) is 0 Å². The Morgan fingerprint density at radius 2 is 0.621 bits per heavy atom. The van der Waals surface area contributed by atoms with Crippen LogP contribution in [0.25, 0.3) is 0 Å². The van der Waals surface area contributed by atoms with Crippen LogP contribution in [0.2, 0.25) is 0 Å². The first-order valence-electron chi connectivity index (χ1n) is 10.5. The molecular weight excluding hydrogens is 348 g/mol. The van der Waals surface area contributed by atoms with Crippen LogP contribution in [0.3, 0.4) is 0 Å². The number of hydrogen-bond donors (Lipinski definition) is 0. The molecule has 0 aliphatic heterocycles. The van der Waals surface area contributed by atoms with Crippen LogP contribution in [-0.4, -0.2) is 0 Å². The molecule has 172 valence electrons. The van der Waals surface area contributed by atoms with E-state index in [4.69, 9.17) is 0 Å². The normalized spacial score (nSPS) is 8.21. The fraction of sp³-hybridized carbons (Fsp3) is 0.586. The smallest absolute Gasteiger partial charge is 0.0276 e. The first-order chi connectivity index (χ1) is 12.3. The van der Waals surface area contributed by atoms with Crippen molar-refractivity contribution >= 4 is 0 Å². The molecule has 0 atom stereocenters. The van der Waals surface area contributed by atoms with E-state index in [1.54, 1.807) is 0 Å². The lowest BCUT2D eigenvalue weighted by Crippen LogP contribution is -1.92. The van der Waals surface area contributed by atoms with Gasteiger partial charge in [-0.1, -0.05) is 133 Å². The molecule has 0 radical (unpaired) electrons. The quantitative estimate of drug-likeness (QED) is 0.410. The summed E-state index contributed by atoms with van der Waals surface area (Å²) in [6, 6.07) is 18.4. The second kappa shape index (κ2) is 26.4. The molecule has 0 unspecified atom stereocenters. The van der Waals surface area contributed by atoms with Crippen LogP contribution in [0.4, 0.5) is 0 Å². The van der Waals surface area contributed by atoms with Gasteiger partial charge >= 0.3 is 0 Å². The maximum Gasteiger partial charge on any atom is -0.0276 e. The molecule has 0 saturated heterocycles. The second-order valence-electron chi connectivity index (χ2n) is 5.99. The van der Waals surface area contributed by atoms with Crippen molar-refractivity contribution in [2.75, 3.05) is 0 Å². The fourth-order valence-corrected chi connectivity index (χ4v) is 2.82. The summed E-state index contributed by atoms with van der Waals surface area (Å²) in [4.78, 5) is 0. The predicted molar refractivity (Wildman–Crippen MR) is 143 cm³/mol. The van der Waals surface area contributed by atoms with Crippen LogP contribution in [-0.2, 0) is 25.7 Å². The molecular formula is C29H56. The monoisotopic (exact) mass is 404 g/mol. The zero-order chi connectivity index (χ0) is 18.9. The molecule has 0 saturated carbocycles. The van der Waals surface area contributed by atoms with E-state index >= 15 is 0 Å². The standard InChI is InChI=1S/C21H28.2C2H6.4CH4/c1-3-6-18-10-14-20(15-11-18)8-5-9-21-16-12-19(7-4-2)13-17-21;2*1-2;;;;/h10-17H,3-9H2,1-2H3;2*1-2H3;4*1H4. The molecule has 0 heteroatoms. The maximum atomic E-state index is 2.30. The van der Waals surface area contributed by atoms with Crippen molar-refractivity contribution in [3.63, 3.8) is 0 Å². The Balaban J connectivity index is -0.000000226. The summed E-state index contributed by atoms with van der Waals surface area (Å²) in [5.41, 5.74) is 5.87. The average Bonchev–Trinajstić information content (AvgIpc) is 2.68. The van der Waals surface area contributed by atoms with E-state index in [1.807, 2.05) is 27.7 Å². The lowest BCUT2D eigenvalue weighted by atomic mass is 10.0. The highest BCUT2D eigenvalue weighted by atomic mass is 14.0. The molecule has 0 aromatic heterocycles. The van der Waals surface area contributed by atoms with E-state index < -0.39 is 0 Å². The van der Waals surface area contributed by atoms with Crippen LogP contribution in [0.1, 0.15) is 113 Å². The highest BCUT2D eigenvalue weighted by molar-refractivity contribution is 5.24. The molecule has 0 spiro atoms. The minimum Gasteiger partial charge on any atom is -0.0776 e. The van der Waals surface area contributed by atoms with Crippen molar-refractivity contribution in [1.29, 1.82) is 0 Å². The molecule has 0 nitrogen and oxygen atoms in total. The number of benzene rings is 2. The molecule has 0 bridgehead atoms. The van der Waals surface area contributed by atoms with Crippen LogP contribution < -0.4 is 0 Å². The summed E-state index contributed by atoms with van der Waals surface area (Å²) in [6.07, 6.45) is 8.46. The summed E-state index contributed by atoms with van der Waals surface area (Å²) in [5, 5.41) is 0. The van der Waals surface area contributed by atoms with Crippen molar-refractivity contribution in [2.24, 2.45) is 0 Å². The lowest BCUT2D eigenvalue weighted by molar-refractivity contribution is 0.817. The van der Waals surface area contributed by atoms with Gasteiger partial charge in [-0.05, 0) is 54.4 Å². The van der Waals surface area contributed by atoms with Crippen molar-refractivity contribution in [1.82, 2.24) is 0 Å². The topological polar surface area (TPSA) is 0 Å². The van der Waals surface area contributed by atoms with Gasteiger partial charge in [0.25, 0.3) is 0 Å². The summed E-state index contributed by atoms with van der Waals surface area (Å²) in [7, 11) is 0. The Labute approximate surface area is 187 Å². The predicted octanol–water partition coefficient (Wildman–Crippen LogP) is 10.4. The largest absolute Gasteiger partial charge is 0.0776 e. The van der Waals surface area contributed by atoms with Gasteiger partial charge in [-0.3, -0.25) is 0 Å². The molecule has 0 amide bonds. The fourth-order valence-electron chi connectivity index (χ4n) is 2.82. The van der Waals surface area contributed by atoms with Gasteiger partial charge in [-0.15, -0.1) is 0 Å². The first kappa shape index (κ1) is 38.1. The van der Waals surface area contributed by atoms with Crippen LogP contribution in [0.15, 0.2) is 48.5 Å². The third-order valence-electron chi connectivity index (χ3n) is 4.05. The van der Waals surface area contributed by atoms with Gasteiger partial charge in [0.2, 0.25) is 0 Å². The molecule has 0 heterocycles. The Hall–Kier alpha value is -1.56. The minimum absolute atomic E-state index is 0. The minimum atomic E-state index is 0. The highest BCUT2D eigenvalue weighted by Gasteiger charge is 1.98. The van der Waals surface area contributed by atoms with Gasteiger partial charge in [0.05, 0.1) is 0 Å². The zero-order valence-corrected chi connectivity index (χ0v) is 17.6. The second-order valence-corrected chi connectivity index (χ2v) is 5.99. The highest BCUT2D eigenvalue weighted by Crippen LogP contribution is 2.12. The van der Waals surface area contributed by atoms with E-state index in [0.29, 0.717) is 0 Å². The van der Waals surface area contributed by atoms with Crippen molar-refractivity contribution in [3.8, 4) is 0 Å². The average molecular weight is 405 g/mol. The third kappa shape index (κ3) is 17.0. The van der Waals surface area contributed by atoms with Gasteiger partial charge in [-0.25, -0.2) is 0 Å². The zero-order valence-electron chi connectivity index (χ0n) is 17.6. The SMILES string of the molecule is C.C.C.C.CC.CC.CCCc1ccc(CCCc2ccc(CCC)cc2)cc1. The molecule has 0 fully saturated rings. The third-order valence-corrected chi connectivity index (χ3v) is 4.05. The van der Waals surface area contributed by atoms with E-state index in [-0.39, 0.29) is 29.7 Å². The first-order valence-corrected chi connectivity index (χ1v) is 10.5. The summed E-state index contributed by atoms with van der Waals surface area (Å²) in [6.45, 7) is 12.5. The van der Waals surface area contributed by atoms with Crippen LogP contribution >= 0.6 is 0 Å². The summed E-state index contributed by atoms with van der Waals surface area (Å²) in [5.74, 6) is 0. The van der Waals surface area contributed by atoms with Gasteiger partial charge < -0.3 is 0 Å². The van der Waals surface area contributed by atoms with Gasteiger partial charge in [0.1, 0.15) is 0 Å². The van der Waals surface area contributed by atoms with E-state index in [1.165, 1.54) is 67.2 Å². The molecule has 0 aliphatic rings. The number of rotatable bonds is 8. The van der Waals surface area contributed by atoms with E-state index in [2.05, 4.69) is 62.4 Å². The Morgan fingerprint density at radius 3 is 0.828 bits per heavy atom. The Kier molecular flexibility index (Phi) is 34.7. The molecule has 0 aliphatic carbocycles. The van der Waals surface area contributed by atoms with Crippen molar-refractivity contribution in [3.05, 3.63) is 70.8 Å². The van der Waals surface area contributed by atoms with Gasteiger partial charge in [-0.2, -0.15) is 0 Å². The molecule has 2 aromatic carbocycles. The van der Waals surface area contributed by atoms with Crippen LogP contribution in [0, 0.1) is 0 Å². The molecule has 0 N–H and O–H groups in total. The van der Waals surface area contributed by atoms with Gasteiger partial charge in [0.15, 0.2) is 0 Å². The summed E-state index contributed by atoms with van der Waals surface area (Å²) >= 11 is 0. The molecule has 2 aromatic rings. The van der Waals surface area contributed by atoms with E-state index in [0.717, 1.165) is 0 Å².